The molecule has 0 aromatic heterocycles. The van der Waals surface area contributed by atoms with Crippen molar-refractivity contribution in [1.29, 1.82) is 0 Å². The Morgan fingerprint density at radius 1 is 1.22 bits per heavy atom. The lowest BCUT2D eigenvalue weighted by Crippen LogP contribution is -2.24. The second kappa shape index (κ2) is 7.60. The molecule has 0 radical (unpaired) electrons. The zero-order valence-corrected chi connectivity index (χ0v) is 12.4. The van der Waals surface area contributed by atoms with E-state index in [0.717, 1.165) is 5.56 Å². The van der Waals surface area contributed by atoms with Crippen molar-refractivity contribution >= 4 is 23.5 Å². The number of anilines is 1. The molecule has 0 aliphatic rings. The number of carbonyl (C=O) groups excluding carboxylic acids is 1. The van der Waals surface area contributed by atoms with E-state index in [4.69, 9.17) is 4.74 Å². The Labute approximate surface area is 132 Å². The number of methoxy groups -OCH3 is 1. The number of nitrogens with one attached hydrogen (secondary N) is 2. The van der Waals surface area contributed by atoms with Crippen LogP contribution in [0.4, 0.5) is 16.2 Å². The van der Waals surface area contributed by atoms with Crippen LogP contribution in [-0.4, -0.2) is 18.1 Å². The van der Waals surface area contributed by atoms with Crippen LogP contribution >= 0.6 is 0 Å². The number of benzene rings is 2. The summed E-state index contributed by atoms with van der Waals surface area (Å²) in [6, 6.07) is 12.9. The molecule has 118 valence electrons. The number of ether oxygens (including phenoxy) is 1. The minimum atomic E-state index is -0.544. The fourth-order valence-corrected chi connectivity index (χ4v) is 1.84. The van der Waals surface area contributed by atoms with Crippen molar-refractivity contribution in [2.45, 2.75) is 0 Å². The van der Waals surface area contributed by atoms with Crippen molar-refractivity contribution in [3.05, 3.63) is 70.4 Å². The van der Waals surface area contributed by atoms with Gasteiger partial charge in [-0.05, 0) is 17.7 Å². The molecular weight excluding hydrogens is 298 g/mol. The highest BCUT2D eigenvalue weighted by molar-refractivity contribution is 5.92. The van der Waals surface area contributed by atoms with Crippen LogP contribution in [0, 0.1) is 10.1 Å². The zero-order chi connectivity index (χ0) is 16.7. The zero-order valence-electron chi connectivity index (χ0n) is 12.4. The first-order chi connectivity index (χ1) is 11.1. The van der Waals surface area contributed by atoms with Crippen LogP contribution in [0.15, 0.2) is 54.7 Å². The molecule has 23 heavy (non-hydrogen) atoms. The van der Waals surface area contributed by atoms with E-state index in [1.165, 1.54) is 31.5 Å². The van der Waals surface area contributed by atoms with Crippen LogP contribution in [0.5, 0.6) is 5.75 Å². The molecule has 0 saturated carbocycles. The molecule has 2 aromatic rings. The van der Waals surface area contributed by atoms with Gasteiger partial charge in [0.15, 0.2) is 0 Å². The van der Waals surface area contributed by atoms with Gasteiger partial charge < -0.3 is 15.4 Å². The monoisotopic (exact) mass is 313 g/mol. The molecule has 0 unspecified atom stereocenters. The van der Waals surface area contributed by atoms with Crippen LogP contribution in [0.3, 0.4) is 0 Å². The molecule has 7 nitrogen and oxygen atoms in total. The molecule has 2 amide bonds. The van der Waals surface area contributed by atoms with E-state index in [2.05, 4.69) is 10.6 Å². The summed E-state index contributed by atoms with van der Waals surface area (Å²) in [6.07, 6.45) is 3.21. The van der Waals surface area contributed by atoms with Crippen molar-refractivity contribution in [2.24, 2.45) is 0 Å². The highest BCUT2D eigenvalue weighted by Crippen LogP contribution is 2.28. The summed E-state index contributed by atoms with van der Waals surface area (Å²) in [5, 5.41) is 15.8. The standard InChI is InChI=1S/C16H15N3O4/c1-23-15-8-7-13(19(21)22)11-14(15)18-16(20)17-10-9-12-5-3-2-4-6-12/h2-11H,1H3,(H2,17,18,20)/b10-9+. The average molecular weight is 313 g/mol. The minimum absolute atomic E-state index is 0.138. The van der Waals surface area contributed by atoms with Crippen LogP contribution in [0.25, 0.3) is 6.08 Å². The molecule has 0 atom stereocenters. The van der Waals surface area contributed by atoms with Gasteiger partial charge in [0.05, 0.1) is 17.7 Å². The Kier molecular flexibility index (Phi) is 5.30. The summed E-state index contributed by atoms with van der Waals surface area (Å²) >= 11 is 0. The number of rotatable bonds is 5. The van der Waals surface area contributed by atoms with Gasteiger partial charge in [-0.1, -0.05) is 30.3 Å². The van der Waals surface area contributed by atoms with Crippen LogP contribution in [0.2, 0.25) is 0 Å². The first-order valence-electron chi connectivity index (χ1n) is 6.71. The van der Waals surface area contributed by atoms with Crippen LogP contribution in [-0.2, 0) is 0 Å². The number of nitro benzene ring substituents is 1. The van der Waals surface area contributed by atoms with Crippen molar-refractivity contribution in [2.75, 3.05) is 12.4 Å². The molecule has 0 aliphatic carbocycles. The molecule has 2 N–H and O–H groups in total. The number of carbonyl (C=O) groups is 1. The molecule has 7 heteroatoms. The van der Waals surface area contributed by atoms with Gasteiger partial charge >= 0.3 is 6.03 Å². The number of nitrogens with zero attached hydrogens (tertiary/aromatic N) is 1. The number of hydrogen-bond donors (Lipinski definition) is 2. The van der Waals surface area contributed by atoms with Crippen molar-refractivity contribution in [3.63, 3.8) is 0 Å². The molecule has 0 bridgehead atoms. The van der Waals surface area contributed by atoms with Gasteiger partial charge in [0.2, 0.25) is 0 Å². The van der Waals surface area contributed by atoms with E-state index in [1.54, 1.807) is 6.08 Å². The summed E-state index contributed by atoms with van der Waals surface area (Å²) in [6.45, 7) is 0. The first-order valence-corrected chi connectivity index (χ1v) is 6.71. The van der Waals surface area contributed by atoms with Crippen LogP contribution < -0.4 is 15.4 Å². The minimum Gasteiger partial charge on any atom is -0.495 e. The van der Waals surface area contributed by atoms with E-state index in [1.807, 2.05) is 30.3 Å². The predicted octanol–water partition coefficient (Wildman–Crippen LogP) is 3.40. The Balaban J connectivity index is 2.03. The lowest BCUT2D eigenvalue weighted by molar-refractivity contribution is -0.384. The Bertz CT molecular complexity index is 729. The highest BCUT2D eigenvalue weighted by atomic mass is 16.6. The lowest BCUT2D eigenvalue weighted by Gasteiger charge is -2.09. The Morgan fingerprint density at radius 2 is 1.96 bits per heavy atom. The van der Waals surface area contributed by atoms with E-state index >= 15 is 0 Å². The maximum absolute atomic E-state index is 11.9. The molecule has 0 aliphatic heterocycles. The van der Waals surface area contributed by atoms with Crippen LogP contribution in [0.1, 0.15) is 5.56 Å². The third-order valence-electron chi connectivity index (χ3n) is 2.93. The lowest BCUT2D eigenvalue weighted by atomic mass is 10.2. The van der Waals surface area contributed by atoms with Crippen molar-refractivity contribution in [1.82, 2.24) is 5.32 Å². The van der Waals surface area contributed by atoms with E-state index in [-0.39, 0.29) is 11.4 Å². The largest absolute Gasteiger partial charge is 0.495 e. The first kappa shape index (κ1) is 16.0. The average Bonchev–Trinajstić information content (AvgIpc) is 2.55. The van der Waals surface area contributed by atoms with E-state index in [0.29, 0.717) is 5.75 Å². The third kappa shape index (κ3) is 4.57. The SMILES string of the molecule is COc1ccc([N+](=O)[O-])cc1NC(=O)N/C=C/c1ccccc1. The molecule has 0 heterocycles. The third-order valence-corrected chi connectivity index (χ3v) is 2.93. The topological polar surface area (TPSA) is 93.5 Å². The summed E-state index contributed by atoms with van der Waals surface area (Å²) in [5.41, 5.74) is 1.01. The summed E-state index contributed by atoms with van der Waals surface area (Å²) < 4.78 is 5.07. The van der Waals surface area contributed by atoms with Gasteiger partial charge in [-0.15, -0.1) is 0 Å². The van der Waals surface area contributed by atoms with Gasteiger partial charge in [0.25, 0.3) is 5.69 Å². The second-order valence-corrected chi connectivity index (χ2v) is 4.48. The molecule has 0 fully saturated rings. The summed E-state index contributed by atoms with van der Waals surface area (Å²) in [7, 11) is 1.42. The summed E-state index contributed by atoms with van der Waals surface area (Å²) in [4.78, 5) is 22.1. The summed E-state index contributed by atoms with van der Waals surface area (Å²) in [5.74, 6) is 0.331. The number of urea groups is 1. The van der Waals surface area contributed by atoms with E-state index in [9.17, 15) is 14.9 Å². The van der Waals surface area contributed by atoms with Gasteiger partial charge in [0, 0.05) is 18.3 Å². The second-order valence-electron chi connectivity index (χ2n) is 4.48. The van der Waals surface area contributed by atoms with E-state index < -0.39 is 11.0 Å². The molecule has 2 rings (SSSR count). The molecule has 0 saturated heterocycles. The smallest absolute Gasteiger partial charge is 0.323 e. The number of hydrogen-bond acceptors (Lipinski definition) is 4. The normalized spacial score (nSPS) is 10.3. The number of amides is 2. The fourth-order valence-electron chi connectivity index (χ4n) is 1.84. The molecule has 0 spiro atoms. The predicted molar refractivity (Wildman–Crippen MR) is 87.3 cm³/mol. The van der Waals surface area contributed by atoms with Crippen molar-refractivity contribution < 1.29 is 14.5 Å². The molecular formula is C16H15N3O4. The Morgan fingerprint density at radius 3 is 2.61 bits per heavy atom. The number of nitro groups is 1. The maximum atomic E-state index is 11.9. The number of non-ortho nitro benzene ring substituents is 1. The Hall–Kier alpha value is -3.35. The highest BCUT2D eigenvalue weighted by Gasteiger charge is 2.13. The van der Waals surface area contributed by atoms with Gasteiger partial charge in [-0.3, -0.25) is 10.1 Å². The maximum Gasteiger partial charge on any atom is 0.323 e. The van der Waals surface area contributed by atoms with Gasteiger partial charge in [-0.2, -0.15) is 0 Å². The quantitative estimate of drug-likeness (QED) is 0.653. The van der Waals surface area contributed by atoms with Gasteiger partial charge in [-0.25, -0.2) is 4.79 Å². The molecule has 2 aromatic carbocycles. The fraction of sp³-hybridized carbons (Fsp3) is 0.0625. The van der Waals surface area contributed by atoms with Gasteiger partial charge in [0.1, 0.15) is 5.75 Å². The van der Waals surface area contributed by atoms with Crippen molar-refractivity contribution in [3.8, 4) is 5.75 Å².